The highest BCUT2D eigenvalue weighted by atomic mass is 16.5. The maximum atomic E-state index is 12.1. The van der Waals surface area contributed by atoms with Crippen LogP contribution in [0.1, 0.15) is 17.4 Å². The van der Waals surface area contributed by atoms with Gasteiger partial charge in [0, 0.05) is 26.2 Å². The standard InChI is InChI=1S/C19H25N3O3/c23-19(20-9-8-16-5-2-1-3-6-16)21-15-17(18-7-4-12-25-18)22-10-13-24-14-11-22/h1-7,12,17H,8-11,13-15H2,(H2,20,21,23). The third kappa shape index (κ3) is 5.34. The molecule has 6 nitrogen and oxygen atoms in total. The Morgan fingerprint density at radius 2 is 1.88 bits per heavy atom. The van der Waals surface area contributed by atoms with Gasteiger partial charge in [-0.25, -0.2) is 4.79 Å². The van der Waals surface area contributed by atoms with Gasteiger partial charge >= 0.3 is 6.03 Å². The van der Waals surface area contributed by atoms with Crippen molar-refractivity contribution in [3.8, 4) is 0 Å². The van der Waals surface area contributed by atoms with E-state index in [1.54, 1.807) is 6.26 Å². The first kappa shape index (κ1) is 17.5. The Hall–Kier alpha value is -2.31. The molecule has 1 aromatic carbocycles. The first-order chi connectivity index (χ1) is 12.3. The number of carbonyl (C=O) groups is 1. The van der Waals surface area contributed by atoms with Gasteiger partial charge in [0.1, 0.15) is 5.76 Å². The molecule has 0 radical (unpaired) electrons. The zero-order chi connectivity index (χ0) is 17.3. The summed E-state index contributed by atoms with van der Waals surface area (Å²) in [5.74, 6) is 0.867. The van der Waals surface area contributed by atoms with Crippen LogP contribution in [0.2, 0.25) is 0 Å². The van der Waals surface area contributed by atoms with E-state index in [4.69, 9.17) is 9.15 Å². The van der Waals surface area contributed by atoms with Gasteiger partial charge in [-0.3, -0.25) is 4.90 Å². The summed E-state index contributed by atoms with van der Waals surface area (Å²) in [6.45, 7) is 4.20. The second kappa shape index (κ2) is 9.25. The van der Waals surface area contributed by atoms with Crippen molar-refractivity contribution < 1.29 is 13.9 Å². The van der Waals surface area contributed by atoms with E-state index < -0.39 is 0 Å². The zero-order valence-electron chi connectivity index (χ0n) is 14.3. The van der Waals surface area contributed by atoms with Crippen LogP contribution in [0.5, 0.6) is 0 Å². The number of rotatable bonds is 7. The van der Waals surface area contributed by atoms with Crippen molar-refractivity contribution in [2.45, 2.75) is 12.5 Å². The fourth-order valence-corrected chi connectivity index (χ4v) is 3.00. The fraction of sp³-hybridized carbons (Fsp3) is 0.421. The molecule has 134 valence electrons. The monoisotopic (exact) mass is 343 g/mol. The Morgan fingerprint density at radius 1 is 1.08 bits per heavy atom. The van der Waals surface area contributed by atoms with Gasteiger partial charge in [-0.15, -0.1) is 0 Å². The molecule has 1 atom stereocenters. The van der Waals surface area contributed by atoms with Gasteiger partial charge in [0.25, 0.3) is 0 Å². The predicted octanol–water partition coefficient (Wildman–Crippen LogP) is 2.19. The van der Waals surface area contributed by atoms with Gasteiger partial charge in [-0.1, -0.05) is 30.3 Å². The summed E-state index contributed by atoms with van der Waals surface area (Å²) in [4.78, 5) is 14.4. The van der Waals surface area contributed by atoms with Gasteiger partial charge in [0.15, 0.2) is 0 Å². The maximum absolute atomic E-state index is 12.1. The molecule has 1 aliphatic heterocycles. The van der Waals surface area contributed by atoms with Crippen molar-refractivity contribution in [2.24, 2.45) is 0 Å². The normalized spacial score (nSPS) is 16.3. The SMILES string of the molecule is O=C(NCCc1ccccc1)NCC(c1ccco1)N1CCOCC1. The van der Waals surface area contributed by atoms with E-state index in [1.807, 2.05) is 30.3 Å². The molecule has 0 aliphatic carbocycles. The first-order valence-corrected chi connectivity index (χ1v) is 8.74. The van der Waals surface area contributed by atoms with Gasteiger partial charge in [0.2, 0.25) is 0 Å². The molecule has 6 heteroatoms. The van der Waals surface area contributed by atoms with Gasteiger partial charge in [-0.2, -0.15) is 0 Å². The van der Waals surface area contributed by atoms with E-state index >= 15 is 0 Å². The molecule has 1 aliphatic rings. The minimum atomic E-state index is -0.152. The lowest BCUT2D eigenvalue weighted by molar-refractivity contribution is 0.0123. The van der Waals surface area contributed by atoms with Crippen LogP contribution in [-0.4, -0.2) is 50.3 Å². The van der Waals surface area contributed by atoms with Crippen molar-refractivity contribution in [3.05, 3.63) is 60.1 Å². The lowest BCUT2D eigenvalue weighted by atomic mass is 10.1. The number of nitrogens with zero attached hydrogens (tertiary/aromatic N) is 1. The molecule has 0 bridgehead atoms. The highest BCUT2D eigenvalue weighted by molar-refractivity contribution is 5.73. The third-order valence-corrected chi connectivity index (χ3v) is 4.36. The molecule has 1 saturated heterocycles. The molecule has 2 aromatic rings. The summed E-state index contributed by atoms with van der Waals surface area (Å²) in [7, 11) is 0. The number of ether oxygens (including phenoxy) is 1. The minimum absolute atomic E-state index is 0.0266. The van der Waals surface area contributed by atoms with E-state index in [9.17, 15) is 4.79 Å². The highest BCUT2D eigenvalue weighted by Gasteiger charge is 2.25. The summed E-state index contributed by atoms with van der Waals surface area (Å²) < 4.78 is 11.0. The van der Waals surface area contributed by atoms with Crippen LogP contribution in [0.3, 0.4) is 0 Å². The van der Waals surface area contributed by atoms with Gasteiger partial charge in [0.05, 0.1) is 25.5 Å². The predicted molar refractivity (Wildman–Crippen MR) is 95.4 cm³/mol. The molecule has 1 fully saturated rings. The Morgan fingerprint density at radius 3 is 2.60 bits per heavy atom. The number of amides is 2. The first-order valence-electron chi connectivity index (χ1n) is 8.74. The molecule has 2 amide bonds. The van der Waals surface area contributed by atoms with Crippen LogP contribution in [0.15, 0.2) is 53.1 Å². The molecule has 0 spiro atoms. The Kier molecular flexibility index (Phi) is 6.48. The molecule has 1 aromatic heterocycles. The van der Waals surface area contributed by atoms with E-state index in [-0.39, 0.29) is 12.1 Å². The Labute approximate surface area is 148 Å². The van der Waals surface area contributed by atoms with Crippen LogP contribution in [0, 0.1) is 0 Å². The van der Waals surface area contributed by atoms with E-state index in [1.165, 1.54) is 5.56 Å². The number of nitrogens with one attached hydrogen (secondary N) is 2. The highest BCUT2D eigenvalue weighted by Crippen LogP contribution is 2.21. The van der Waals surface area contributed by atoms with Crippen LogP contribution in [0.25, 0.3) is 0 Å². The maximum Gasteiger partial charge on any atom is 0.314 e. The molecule has 1 unspecified atom stereocenters. The number of hydrogen-bond acceptors (Lipinski definition) is 4. The second-order valence-corrected chi connectivity index (χ2v) is 6.05. The Bertz CT molecular complexity index is 625. The van der Waals surface area contributed by atoms with Crippen molar-refractivity contribution in [1.29, 1.82) is 0 Å². The fourth-order valence-electron chi connectivity index (χ4n) is 3.00. The average molecular weight is 343 g/mol. The Balaban J connectivity index is 1.46. The van der Waals surface area contributed by atoms with Gasteiger partial charge < -0.3 is 19.8 Å². The van der Waals surface area contributed by atoms with Crippen LogP contribution in [0.4, 0.5) is 4.79 Å². The molecule has 2 N–H and O–H groups in total. The number of morpholine rings is 1. The van der Waals surface area contributed by atoms with Crippen molar-refractivity contribution >= 4 is 6.03 Å². The van der Waals surface area contributed by atoms with Crippen LogP contribution in [-0.2, 0) is 11.2 Å². The van der Waals surface area contributed by atoms with E-state index in [0.717, 1.165) is 25.3 Å². The largest absolute Gasteiger partial charge is 0.468 e. The minimum Gasteiger partial charge on any atom is -0.468 e. The molecule has 0 saturated carbocycles. The summed E-state index contributed by atoms with van der Waals surface area (Å²) in [5, 5.41) is 5.87. The molecule has 2 heterocycles. The second-order valence-electron chi connectivity index (χ2n) is 6.05. The van der Waals surface area contributed by atoms with E-state index in [2.05, 4.69) is 27.7 Å². The topological polar surface area (TPSA) is 66.7 Å². The molecular weight excluding hydrogens is 318 g/mol. The average Bonchev–Trinajstić information content (AvgIpc) is 3.18. The zero-order valence-corrected chi connectivity index (χ0v) is 14.3. The van der Waals surface area contributed by atoms with Crippen molar-refractivity contribution in [2.75, 3.05) is 39.4 Å². The quantitative estimate of drug-likeness (QED) is 0.809. The number of carbonyl (C=O) groups excluding carboxylic acids is 1. The summed E-state index contributed by atoms with van der Waals surface area (Å²) in [6, 6.07) is 13.8. The lowest BCUT2D eigenvalue weighted by Crippen LogP contribution is -2.45. The van der Waals surface area contributed by atoms with Gasteiger partial charge in [-0.05, 0) is 24.1 Å². The number of hydrogen-bond donors (Lipinski definition) is 2. The van der Waals surface area contributed by atoms with Crippen LogP contribution < -0.4 is 10.6 Å². The smallest absolute Gasteiger partial charge is 0.314 e. The number of urea groups is 1. The summed E-state index contributed by atoms with van der Waals surface area (Å²) >= 11 is 0. The molecular formula is C19H25N3O3. The summed E-state index contributed by atoms with van der Waals surface area (Å²) in [5.41, 5.74) is 1.21. The lowest BCUT2D eigenvalue weighted by Gasteiger charge is -2.33. The molecule has 3 rings (SSSR count). The summed E-state index contributed by atoms with van der Waals surface area (Å²) in [6.07, 6.45) is 2.49. The third-order valence-electron chi connectivity index (χ3n) is 4.36. The number of furan rings is 1. The number of benzene rings is 1. The van der Waals surface area contributed by atoms with Crippen molar-refractivity contribution in [3.63, 3.8) is 0 Å². The van der Waals surface area contributed by atoms with E-state index in [0.29, 0.717) is 26.3 Å². The van der Waals surface area contributed by atoms with Crippen LogP contribution >= 0.6 is 0 Å². The van der Waals surface area contributed by atoms with Crippen molar-refractivity contribution in [1.82, 2.24) is 15.5 Å². The molecule has 25 heavy (non-hydrogen) atoms.